The zero-order chi connectivity index (χ0) is 12.8. The van der Waals surface area contributed by atoms with Crippen molar-refractivity contribution in [3.63, 3.8) is 0 Å². The lowest BCUT2D eigenvalue weighted by molar-refractivity contribution is -0.124. The van der Waals surface area contributed by atoms with Gasteiger partial charge in [-0.25, -0.2) is 0 Å². The molecule has 1 amide bonds. The summed E-state index contributed by atoms with van der Waals surface area (Å²) in [7, 11) is 0. The highest BCUT2D eigenvalue weighted by Crippen LogP contribution is 2.15. The Balaban J connectivity index is 1.87. The number of anilines is 1. The molecule has 1 atom stereocenters. The Morgan fingerprint density at radius 2 is 2.17 bits per heavy atom. The fourth-order valence-electron chi connectivity index (χ4n) is 1.98. The summed E-state index contributed by atoms with van der Waals surface area (Å²) in [4.78, 5) is 11.8. The Morgan fingerprint density at radius 3 is 2.78 bits per heavy atom. The molecular weight excluding hydrogens is 228 g/mol. The number of carbonyl (C=O) groups excluding carboxylic acids is 1. The van der Waals surface area contributed by atoms with Crippen LogP contribution >= 0.6 is 0 Å². The van der Waals surface area contributed by atoms with E-state index >= 15 is 0 Å². The summed E-state index contributed by atoms with van der Waals surface area (Å²) in [6, 6.07) is 7.90. The standard InChI is InChI=1S/C14H20N2O2/c1-2-15-10-11-5-7-12(8-6-11)16-14(17)13-4-3-9-18-13/h5-8,13,15H,2-4,9-10H2,1H3,(H,16,17). The fourth-order valence-corrected chi connectivity index (χ4v) is 1.98. The molecule has 0 spiro atoms. The van der Waals surface area contributed by atoms with Crippen molar-refractivity contribution in [2.75, 3.05) is 18.5 Å². The third-order valence-electron chi connectivity index (χ3n) is 3.02. The lowest BCUT2D eigenvalue weighted by Gasteiger charge is -2.11. The second-order valence-corrected chi connectivity index (χ2v) is 4.47. The molecule has 1 aromatic carbocycles. The van der Waals surface area contributed by atoms with Crippen molar-refractivity contribution in [2.45, 2.75) is 32.4 Å². The highest BCUT2D eigenvalue weighted by molar-refractivity contribution is 5.94. The second-order valence-electron chi connectivity index (χ2n) is 4.47. The average molecular weight is 248 g/mol. The van der Waals surface area contributed by atoms with Gasteiger partial charge < -0.3 is 15.4 Å². The normalized spacial score (nSPS) is 18.8. The first kappa shape index (κ1) is 13.1. The van der Waals surface area contributed by atoms with Crippen LogP contribution in [0.25, 0.3) is 0 Å². The zero-order valence-electron chi connectivity index (χ0n) is 10.7. The molecule has 1 heterocycles. The van der Waals surface area contributed by atoms with Crippen molar-refractivity contribution in [1.29, 1.82) is 0 Å². The van der Waals surface area contributed by atoms with Crippen LogP contribution in [0, 0.1) is 0 Å². The smallest absolute Gasteiger partial charge is 0.253 e. The summed E-state index contributed by atoms with van der Waals surface area (Å²) in [5.74, 6) is -0.0352. The molecule has 18 heavy (non-hydrogen) atoms. The number of rotatable bonds is 5. The number of benzene rings is 1. The predicted octanol–water partition coefficient (Wildman–Crippen LogP) is 1.91. The SMILES string of the molecule is CCNCc1ccc(NC(=O)C2CCCO2)cc1. The molecule has 2 N–H and O–H groups in total. The Hall–Kier alpha value is -1.39. The van der Waals surface area contributed by atoms with Gasteiger partial charge in [0.15, 0.2) is 0 Å². The minimum atomic E-state index is -0.272. The van der Waals surface area contributed by atoms with Crippen LogP contribution in [0.4, 0.5) is 5.69 Å². The minimum Gasteiger partial charge on any atom is -0.368 e. The van der Waals surface area contributed by atoms with Crippen molar-refractivity contribution >= 4 is 11.6 Å². The Bertz CT molecular complexity index is 383. The van der Waals surface area contributed by atoms with Gasteiger partial charge in [0.1, 0.15) is 6.10 Å². The van der Waals surface area contributed by atoms with E-state index in [-0.39, 0.29) is 12.0 Å². The minimum absolute atomic E-state index is 0.0352. The topological polar surface area (TPSA) is 50.4 Å². The van der Waals surface area contributed by atoms with E-state index in [9.17, 15) is 4.79 Å². The van der Waals surface area contributed by atoms with E-state index in [1.165, 1.54) is 5.56 Å². The van der Waals surface area contributed by atoms with Crippen LogP contribution in [0.1, 0.15) is 25.3 Å². The molecule has 98 valence electrons. The van der Waals surface area contributed by atoms with Crippen molar-refractivity contribution < 1.29 is 9.53 Å². The highest BCUT2D eigenvalue weighted by Gasteiger charge is 2.23. The summed E-state index contributed by atoms with van der Waals surface area (Å²) in [6.07, 6.45) is 1.52. The molecule has 1 saturated heterocycles. The van der Waals surface area contributed by atoms with E-state index < -0.39 is 0 Å². The lowest BCUT2D eigenvalue weighted by atomic mass is 10.2. The fraction of sp³-hybridized carbons (Fsp3) is 0.500. The van der Waals surface area contributed by atoms with Gasteiger partial charge in [-0.15, -0.1) is 0 Å². The largest absolute Gasteiger partial charge is 0.368 e. The quantitative estimate of drug-likeness (QED) is 0.837. The van der Waals surface area contributed by atoms with Crippen LogP contribution in [0.2, 0.25) is 0 Å². The molecule has 0 aromatic heterocycles. The monoisotopic (exact) mass is 248 g/mol. The predicted molar refractivity (Wildman–Crippen MR) is 71.4 cm³/mol. The first-order chi connectivity index (χ1) is 8.79. The molecule has 1 fully saturated rings. The molecule has 0 aliphatic carbocycles. The number of hydrogen-bond acceptors (Lipinski definition) is 3. The van der Waals surface area contributed by atoms with Gasteiger partial charge in [-0.3, -0.25) is 4.79 Å². The molecule has 1 unspecified atom stereocenters. The van der Waals surface area contributed by atoms with Gasteiger partial charge in [0, 0.05) is 18.8 Å². The van der Waals surface area contributed by atoms with Crippen LogP contribution in [0.3, 0.4) is 0 Å². The van der Waals surface area contributed by atoms with Crippen LogP contribution in [-0.4, -0.2) is 25.2 Å². The number of hydrogen-bond donors (Lipinski definition) is 2. The molecule has 4 nitrogen and oxygen atoms in total. The Morgan fingerprint density at radius 1 is 1.39 bits per heavy atom. The van der Waals surface area contributed by atoms with Crippen LogP contribution in [-0.2, 0) is 16.1 Å². The summed E-state index contributed by atoms with van der Waals surface area (Å²) >= 11 is 0. The van der Waals surface area contributed by atoms with Gasteiger partial charge in [-0.1, -0.05) is 19.1 Å². The first-order valence-corrected chi connectivity index (χ1v) is 6.51. The van der Waals surface area contributed by atoms with Crippen molar-refractivity contribution in [3.05, 3.63) is 29.8 Å². The zero-order valence-corrected chi connectivity index (χ0v) is 10.7. The first-order valence-electron chi connectivity index (χ1n) is 6.51. The summed E-state index contributed by atoms with van der Waals surface area (Å²) < 4.78 is 5.34. The summed E-state index contributed by atoms with van der Waals surface area (Å²) in [5, 5.41) is 6.15. The van der Waals surface area contributed by atoms with E-state index in [1.807, 2.05) is 24.3 Å². The van der Waals surface area contributed by atoms with Gasteiger partial charge >= 0.3 is 0 Å². The molecule has 0 saturated carbocycles. The third kappa shape index (κ3) is 3.55. The van der Waals surface area contributed by atoms with Gasteiger partial charge in [-0.05, 0) is 37.1 Å². The van der Waals surface area contributed by atoms with Crippen molar-refractivity contribution in [1.82, 2.24) is 5.32 Å². The number of carbonyl (C=O) groups is 1. The molecule has 4 heteroatoms. The molecule has 1 aliphatic rings. The van der Waals surface area contributed by atoms with Gasteiger partial charge in [0.05, 0.1) is 0 Å². The molecule has 1 aromatic rings. The lowest BCUT2D eigenvalue weighted by Crippen LogP contribution is -2.26. The maximum Gasteiger partial charge on any atom is 0.253 e. The van der Waals surface area contributed by atoms with Crippen molar-refractivity contribution in [2.24, 2.45) is 0 Å². The van der Waals surface area contributed by atoms with Crippen molar-refractivity contribution in [3.8, 4) is 0 Å². The number of nitrogens with one attached hydrogen (secondary N) is 2. The maximum atomic E-state index is 11.8. The second kappa shape index (κ2) is 6.52. The molecule has 0 bridgehead atoms. The Kier molecular flexibility index (Phi) is 4.73. The van der Waals surface area contributed by atoms with E-state index in [4.69, 9.17) is 4.74 Å². The van der Waals surface area contributed by atoms with E-state index in [1.54, 1.807) is 0 Å². The maximum absolute atomic E-state index is 11.8. The average Bonchev–Trinajstić information content (AvgIpc) is 2.92. The third-order valence-corrected chi connectivity index (χ3v) is 3.02. The summed E-state index contributed by atoms with van der Waals surface area (Å²) in [6.45, 7) is 4.59. The van der Waals surface area contributed by atoms with E-state index in [0.717, 1.165) is 31.6 Å². The van der Waals surface area contributed by atoms with E-state index in [2.05, 4.69) is 17.6 Å². The van der Waals surface area contributed by atoms with E-state index in [0.29, 0.717) is 6.61 Å². The number of amides is 1. The van der Waals surface area contributed by atoms with Gasteiger partial charge in [0.2, 0.25) is 0 Å². The molecule has 1 aliphatic heterocycles. The number of ether oxygens (including phenoxy) is 1. The van der Waals surface area contributed by atoms with Gasteiger partial charge in [-0.2, -0.15) is 0 Å². The molecule has 0 radical (unpaired) electrons. The summed E-state index contributed by atoms with van der Waals surface area (Å²) in [5.41, 5.74) is 2.04. The molecule has 2 rings (SSSR count). The van der Waals surface area contributed by atoms with Crippen LogP contribution in [0.5, 0.6) is 0 Å². The van der Waals surface area contributed by atoms with Crippen LogP contribution in [0.15, 0.2) is 24.3 Å². The molecular formula is C14H20N2O2. The highest BCUT2D eigenvalue weighted by atomic mass is 16.5. The van der Waals surface area contributed by atoms with Crippen LogP contribution < -0.4 is 10.6 Å². The van der Waals surface area contributed by atoms with Gasteiger partial charge in [0.25, 0.3) is 5.91 Å². The Labute approximate surface area is 108 Å².